The van der Waals surface area contributed by atoms with Gasteiger partial charge in [0.05, 0.1) is 18.2 Å². The SMILES string of the molecule is CNC(CO)(CN(C)CC1CCCO1)c1ccccc1. The van der Waals surface area contributed by atoms with E-state index in [-0.39, 0.29) is 6.61 Å². The van der Waals surface area contributed by atoms with Crippen molar-refractivity contribution in [3.8, 4) is 0 Å². The number of nitrogens with zero attached hydrogens (tertiary/aromatic N) is 1. The number of nitrogens with one attached hydrogen (secondary N) is 1. The number of benzene rings is 1. The quantitative estimate of drug-likeness (QED) is 0.787. The lowest BCUT2D eigenvalue weighted by Crippen LogP contribution is -2.52. The van der Waals surface area contributed by atoms with Crippen LogP contribution in [0.5, 0.6) is 0 Å². The molecule has 1 fully saturated rings. The topological polar surface area (TPSA) is 44.7 Å². The number of ether oxygens (including phenoxy) is 1. The van der Waals surface area contributed by atoms with Gasteiger partial charge in [-0.3, -0.25) is 0 Å². The maximum atomic E-state index is 9.92. The Kier molecular flexibility index (Phi) is 5.54. The second-order valence-corrected chi connectivity index (χ2v) is 5.69. The second-order valence-electron chi connectivity index (χ2n) is 5.69. The van der Waals surface area contributed by atoms with Gasteiger partial charge in [0.25, 0.3) is 0 Å². The highest BCUT2D eigenvalue weighted by atomic mass is 16.5. The Morgan fingerprint density at radius 3 is 2.70 bits per heavy atom. The fraction of sp³-hybridized carbons (Fsp3) is 0.625. The molecule has 1 aliphatic heterocycles. The summed E-state index contributed by atoms with van der Waals surface area (Å²) in [6.07, 6.45) is 2.64. The van der Waals surface area contributed by atoms with E-state index >= 15 is 0 Å². The second kappa shape index (κ2) is 7.18. The average Bonchev–Trinajstić information content (AvgIpc) is 2.98. The van der Waals surface area contributed by atoms with Crippen molar-refractivity contribution in [2.45, 2.75) is 24.5 Å². The zero-order valence-corrected chi connectivity index (χ0v) is 12.5. The van der Waals surface area contributed by atoms with E-state index in [2.05, 4.69) is 29.4 Å². The fourth-order valence-electron chi connectivity index (χ4n) is 2.95. The molecule has 1 saturated heterocycles. The standard InChI is InChI=1S/C16H26N2O2/c1-17-16(13-19,14-7-4-3-5-8-14)12-18(2)11-15-9-6-10-20-15/h3-5,7-8,15,17,19H,6,9-13H2,1-2H3. The lowest BCUT2D eigenvalue weighted by Gasteiger charge is -2.36. The zero-order valence-electron chi connectivity index (χ0n) is 12.5. The van der Waals surface area contributed by atoms with Crippen LogP contribution in [0.15, 0.2) is 30.3 Å². The van der Waals surface area contributed by atoms with Crippen LogP contribution < -0.4 is 5.32 Å². The van der Waals surface area contributed by atoms with Gasteiger partial charge in [0.15, 0.2) is 0 Å². The molecular formula is C16H26N2O2. The third-order valence-corrected chi connectivity index (χ3v) is 4.15. The van der Waals surface area contributed by atoms with Crippen LogP contribution in [0, 0.1) is 0 Å². The van der Waals surface area contributed by atoms with Gasteiger partial charge in [-0.15, -0.1) is 0 Å². The third-order valence-electron chi connectivity index (χ3n) is 4.15. The van der Waals surface area contributed by atoms with Crippen molar-refractivity contribution in [3.63, 3.8) is 0 Å². The lowest BCUT2D eigenvalue weighted by molar-refractivity contribution is 0.0605. The molecule has 4 nitrogen and oxygen atoms in total. The van der Waals surface area contributed by atoms with Crippen molar-refractivity contribution in [2.75, 3.05) is 40.4 Å². The van der Waals surface area contributed by atoms with Gasteiger partial charge in [-0.05, 0) is 32.5 Å². The van der Waals surface area contributed by atoms with E-state index in [9.17, 15) is 5.11 Å². The summed E-state index contributed by atoms with van der Waals surface area (Å²) in [5.41, 5.74) is 0.693. The van der Waals surface area contributed by atoms with E-state index in [1.807, 2.05) is 25.2 Å². The van der Waals surface area contributed by atoms with E-state index in [1.165, 1.54) is 0 Å². The maximum absolute atomic E-state index is 9.92. The third kappa shape index (κ3) is 3.58. The summed E-state index contributed by atoms with van der Waals surface area (Å²) in [6.45, 7) is 2.62. The molecule has 0 saturated carbocycles. The van der Waals surface area contributed by atoms with Gasteiger partial charge in [0, 0.05) is 19.7 Å². The van der Waals surface area contributed by atoms with Crippen LogP contribution in [0.1, 0.15) is 18.4 Å². The van der Waals surface area contributed by atoms with Gasteiger partial charge in [0.2, 0.25) is 0 Å². The van der Waals surface area contributed by atoms with Crippen LogP contribution in [0.3, 0.4) is 0 Å². The molecule has 2 unspecified atom stereocenters. The Hall–Kier alpha value is -0.940. The minimum absolute atomic E-state index is 0.0728. The Morgan fingerprint density at radius 1 is 1.40 bits per heavy atom. The minimum atomic E-state index is -0.422. The zero-order chi connectivity index (χ0) is 14.4. The predicted octanol–water partition coefficient (Wildman–Crippen LogP) is 1.20. The molecule has 0 amide bonds. The van der Waals surface area contributed by atoms with Crippen molar-refractivity contribution in [3.05, 3.63) is 35.9 Å². The number of hydrogen-bond donors (Lipinski definition) is 2. The van der Waals surface area contributed by atoms with E-state index in [1.54, 1.807) is 0 Å². The Bertz CT molecular complexity index is 387. The van der Waals surface area contributed by atoms with Gasteiger partial charge in [-0.25, -0.2) is 0 Å². The molecule has 0 spiro atoms. The lowest BCUT2D eigenvalue weighted by atomic mass is 9.90. The van der Waals surface area contributed by atoms with Crippen LogP contribution in [0.2, 0.25) is 0 Å². The van der Waals surface area contributed by atoms with Gasteiger partial charge in [0.1, 0.15) is 0 Å². The molecule has 2 atom stereocenters. The van der Waals surface area contributed by atoms with Crippen molar-refractivity contribution in [2.24, 2.45) is 0 Å². The predicted molar refractivity (Wildman–Crippen MR) is 80.7 cm³/mol. The van der Waals surface area contributed by atoms with Gasteiger partial charge in [-0.2, -0.15) is 0 Å². The largest absolute Gasteiger partial charge is 0.394 e. The molecule has 0 aliphatic carbocycles. The van der Waals surface area contributed by atoms with E-state index in [0.29, 0.717) is 6.10 Å². The molecule has 0 radical (unpaired) electrons. The van der Waals surface area contributed by atoms with Crippen LogP contribution in [-0.2, 0) is 10.3 Å². The van der Waals surface area contributed by atoms with Crippen LogP contribution in [0.25, 0.3) is 0 Å². The molecular weight excluding hydrogens is 252 g/mol. The van der Waals surface area contributed by atoms with Crippen LogP contribution in [0.4, 0.5) is 0 Å². The van der Waals surface area contributed by atoms with Crippen molar-refractivity contribution >= 4 is 0 Å². The number of hydrogen-bond acceptors (Lipinski definition) is 4. The molecule has 1 aliphatic rings. The molecule has 1 aromatic carbocycles. The first-order valence-electron chi connectivity index (χ1n) is 7.35. The number of aliphatic hydroxyl groups excluding tert-OH is 1. The first-order valence-corrected chi connectivity index (χ1v) is 7.35. The minimum Gasteiger partial charge on any atom is -0.394 e. The van der Waals surface area contributed by atoms with Gasteiger partial charge in [-0.1, -0.05) is 30.3 Å². The maximum Gasteiger partial charge on any atom is 0.0795 e. The highest BCUT2D eigenvalue weighted by Gasteiger charge is 2.32. The highest BCUT2D eigenvalue weighted by Crippen LogP contribution is 2.22. The van der Waals surface area contributed by atoms with Crippen molar-refractivity contribution in [1.82, 2.24) is 10.2 Å². The summed E-state index contributed by atoms with van der Waals surface area (Å²) in [6, 6.07) is 10.1. The summed E-state index contributed by atoms with van der Waals surface area (Å²) in [5, 5.41) is 13.2. The molecule has 1 heterocycles. The van der Waals surface area contributed by atoms with Crippen LogP contribution >= 0.6 is 0 Å². The van der Waals surface area contributed by atoms with E-state index < -0.39 is 5.54 Å². The smallest absolute Gasteiger partial charge is 0.0795 e. The highest BCUT2D eigenvalue weighted by molar-refractivity contribution is 5.25. The molecule has 2 N–H and O–H groups in total. The van der Waals surface area contributed by atoms with Gasteiger partial charge < -0.3 is 20.1 Å². The van der Waals surface area contributed by atoms with Crippen LogP contribution in [-0.4, -0.2) is 56.5 Å². The molecule has 2 rings (SSSR count). The summed E-state index contributed by atoms with van der Waals surface area (Å²) >= 11 is 0. The summed E-state index contributed by atoms with van der Waals surface area (Å²) < 4.78 is 5.69. The Morgan fingerprint density at radius 2 is 2.15 bits per heavy atom. The number of aliphatic hydroxyl groups is 1. The summed E-state index contributed by atoms with van der Waals surface area (Å²) in [4.78, 5) is 2.25. The normalized spacial score (nSPS) is 22.1. The Labute approximate surface area is 121 Å². The summed E-state index contributed by atoms with van der Waals surface area (Å²) in [5.74, 6) is 0. The van der Waals surface area contributed by atoms with Gasteiger partial charge >= 0.3 is 0 Å². The Balaban J connectivity index is 2.04. The van der Waals surface area contributed by atoms with E-state index in [4.69, 9.17) is 4.74 Å². The molecule has 0 aromatic heterocycles. The fourth-order valence-corrected chi connectivity index (χ4v) is 2.95. The number of likely N-dealkylation sites (N-methyl/N-ethyl adjacent to an activating group) is 2. The van der Waals surface area contributed by atoms with Crippen molar-refractivity contribution in [1.29, 1.82) is 0 Å². The molecule has 112 valence electrons. The molecule has 20 heavy (non-hydrogen) atoms. The average molecular weight is 278 g/mol. The number of rotatable bonds is 7. The monoisotopic (exact) mass is 278 g/mol. The first kappa shape index (κ1) is 15.4. The van der Waals surface area contributed by atoms with Crippen molar-refractivity contribution < 1.29 is 9.84 Å². The van der Waals surface area contributed by atoms with E-state index in [0.717, 1.165) is 38.1 Å². The molecule has 1 aromatic rings. The summed E-state index contributed by atoms with van der Waals surface area (Å²) in [7, 11) is 4.00. The molecule has 0 bridgehead atoms. The first-order chi connectivity index (χ1) is 9.70. The molecule has 4 heteroatoms.